The van der Waals surface area contributed by atoms with Crippen LogP contribution in [-0.2, 0) is 13.6 Å². The number of carbonyl (C=O) groups is 1. The number of benzene rings is 2. The molecule has 0 saturated heterocycles. The average molecular weight is 404 g/mol. The van der Waals surface area contributed by atoms with Gasteiger partial charge in [0.15, 0.2) is 5.13 Å². The molecule has 1 amide bonds. The molecular weight excluding hydrogens is 382 g/mol. The van der Waals surface area contributed by atoms with E-state index in [9.17, 15) is 9.59 Å². The lowest BCUT2D eigenvalue weighted by atomic mass is 10.1. The molecule has 0 fully saturated rings. The van der Waals surface area contributed by atoms with Crippen LogP contribution in [0.25, 0.3) is 10.2 Å². The third-order valence-electron chi connectivity index (χ3n) is 4.83. The molecule has 0 radical (unpaired) electrons. The van der Waals surface area contributed by atoms with Gasteiger partial charge in [-0.1, -0.05) is 47.7 Å². The van der Waals surface area contributed by atoms with E-state index in [1.807, 2.05) is 37.3 Å². The molecule has 0 aliphatic heterocycles. The Labute approximate surface area is 172 Å². The Kier molecular flexibility index (Phi) is 5.03. The normalized spacial score (nSPS) is 11.0. The van der Waals surface area contributed by atoms with E-state index < -0.39 is 0 Å². The van der Waals surface area contributed by atoms with Crippen LogP contribution < -0.4 is 10.5 Å². The van der Waals surface area contributed by atoms with Crippen molar-refractivity contribution in [2.75, 3.05) is 4.90 Å². The van der Waals surface area contributed by atoms with Gasteiger partial charge in [0.1, 0.15) is 0 Å². The number of aryl methyl sites for hydroxylation is 3. The van der Waals surface area contributed by atoms with Gasteiger partial charge in [-0.2, -0.15) is 0 Å². The molecule has 2 aromatic heterocycles. The Hall–Kier alpha value is -3.25. The van der Waals surface area contributed by atoms with Crippen molar-refractivity contribution in [3.8, 4) is 0 Å². The van der Waals surface area contributed by atoms with E-state index in [0.717, 1.165) is 26.9 Å². The van der Waals surface area contributed by atoms with Crippen molar-refractivity contribution in [2.45, 2.75) is 20.4 Å². The van der Waals surface area contributed by atoms with Crippen LogP contribution in [0.15, 0.2) is 65.6 Å². The monoisotopic (exact) mass is 403 g/mol. The van der Waals surface area contributed by atoms with Crippen molar-refractivity contribution in [1.82, 2.24) is 9.55 Å². The number of amides is 1. The fourth-order valence-corrected chi connectivity index (χ4v) is 4.44. The summed E-state index contributed by atoms with van der Waals surface area (Å²) in [4.78, 5) is 31.9. The van der Waals surface area contributed by atoms with Crippen molar-refractivity contribution in [3.05, 3.63) is 93.4 Å². The molecule has 5 nitrogen and oxygen atoms in total. The van der Waals surface area contributed by atoms with Gasteiger partial charge in [0.05, 0.1) is 16.8 Å². The van der Waals surface area contributed by atoms with Crippen molar-refractivity contribution in [3.63, 3.8) is 0 Å². The fourth-order valence-electron chi connectivity index (χ4n) is 3.30. The van der Waals surface area contributed by atoms with Gasteiger partial charge in [-0.25, -0.2) is 4.98 Å². The summed E-state index contributed by atoms with van der Waals surface area (Å²) >= 11 is 1.49. The van der Waals surface area contributed by atoms with Gasteiger partial charge >= 0.3 is 0 Å². The molecule has 146 valence electrons. The number of hydrogen-bond donors (Lipinski definition) is 0. The molecule has 4 aromatic rings. The van der Waals surface area contributed by atoms with Crippen molar-refractivity contribution in [2.24, 2.45) is 7.05 Å². The minimum absolute atomic E-state index is 0.216. The first-order valence-corrected chi connectivity index (χ1v) is 10.1. The smallest absolute Gasteiger partial charge is 0.260 e. The van der Waals surface area contributed by atoms with Crippen LogP contribution in [0, 0.1) is 13.8 Å². The highest BCUT2D eigenvalue weighted by molar-refractivity contribution is 7.22. The maximum absolute atomic E-state index is 13.4. The van der Waals surface area contributed by atoms with E-state index in [2.05, 4.69) is 19.1 Å². The second-order valence-corrected chi connectivity index (χ2v) is 8.18. The van der Waals surface area contributed by atoms with Crippen LogP contribution in [0.2, 0.25) is 0 Å². The third-order valence-corrected chi connectivity index (χ3v) is 5.85. The summed E-state index contributed by atoms with van der Waals surface area (Å²) in [5.74, 6) is -0.236. The van der Waals surface area contributed by atoms with Gasteiger partial charge in [0.25, 0.3) is 11.5 Å². The van der Waals surface area contributed by atoms with Gasteiger partial charge < -0.3 is 4.57 Å². The predicted octanol–water partition coefficient (Wildman–Crippen LogP) is 4.46. The van der Waals surface area contributed by atoms with E-state index in [4.69, 9.17) is 4.98 Å². The minimum atomic E-state index is -0.236. The lowest BCUT2D eigenvalue weighted by Gasteiger charge is -2.20. The zero-order valence-corrected chi connectivity index (χ0v) is 17.4. The SMILES string of the molecule is Cc1cc(C)c2nc(N(Cc3ccccc3)C(=O)c3ccn(C)c(=O)c3)sc2c1. The molecule has 0 atom stereocenters. The maximum atomic E-state index is 13.4. The molecule has 0 spiro atoms. The fraction of sp³-hybridized carbons (Fsp3) is 0.174. The second kappa shape index (κ2) is 7.64. The number of thiazole rings is 1. The van der Waals surface area contributed by atoms with Gasteiger partial charge in [-0.15, -0.1) is 0 Å². The van der Waals surface area contributed by atoms with E-state index in [1.54, 1.807) is 24.2 Å². The highest BCUT2D eigenvalue weighted by Gasteiger charge is 2.22. The predicted molar refractivity (Wildman–Crippen MR) is 118 cm³/mol. The van der Waals surface area contributed by atoms with Gasteiger partial charge in [-0.05, 0) is 42.7 Å². The van der Waals surface area contributed by atoms with Gasteiger partial charge in [-0.3, -0.25) is 14.5 Å². The van der Waals surface area contributed by atoms with Crippen LogP contribution in [0.4, 0.5) is 5.13 Å². The van der Waals surface area contributed by atoms with Gasteiger partial charge in [0, 0.05) is 24.9 Å². The van der Waals surface area contributed by atoms with E-state index in [1.165, 1.54) is 22.0 Å². The summed E-state index contributed by atoms with van der Waals surface area (Å²) in [7, 11) is 1.66. The Morgan fingerprint density at radius 2 is 1.86 bits per heavy atom. The Morgan fingerprint density at radius 1 is 1.10 bits per heavy atom. The van der Waals surface area contributed by atoms with Crippen LogP contribution in [0.1, 0.15) is 27.0 Å². The molecule has 0 N–H and O–H groups in total. The van der Waals surface area contributed by atoms with Crippen molar-refractivity contribution in [1.29, 1.82) is 0 Å². The quantitative estimate of drug-likeness (QED) is 0.506. The highest BCUT2D eigenvalue weighted by atomic mass is 32.1. The lowest BCUT2D eigenvalue weighted by Crippen LogP contribution is -2.31. The molecule has 29 heavy (non-hydrogen) atoms. The molecule has 0 saturated carbocycles. The first kappa shape index (κ1) is 19.1. The zero-order valence-electron chi connectivity index (χ0n) is 16.5. The van der Waals surface area contributed by atoms with Crippen LogP contribution in [0.3, 0.4) is 0 Å². The summed E-state index contributed by atoms with van der Waals surface area (Å²) in [5.41, 5.74) is 4.30. The summed E-state index contributed by atoms with van der Waals surface area (Å²) in [6.45, 7) is 4.47. The molecule has 4 rings (SSSR count). The van der Waals surface area contributed by atoms with Crippen LogP contribution >= 0.6 is 11.3 Å². The topological polar surface area (TPSA) is 55.2 Å². The van der Waals surface area contributed by atoms with Crippen LogP contribution in [0.5, 0.6) is 0 Å². The average Bonchev–Trinajstić information content (AvgIpc) is 3.12. The van der Waals surface area contributed by atoms with Crippen molar-refractivity contribution < 1.29 is 4.79 Å². The molecule has 2 heterocycles. The number of aromatic nitrogens is 2. The summed E-state index contributed by atoms with van der Waals surface area (Å²) < 4.78 is 2.50. The Bertz CT molecular complexity index is 1260. The Morgan fingerprint density at radius 3 is 2.59 bits per heavy atom. The standard InChI is InChI=1S/C23H21N3O2S/c1-15-11-16(2)21-19(12-15)29-23(24-21)26(14-17-7-5-4-6-8-17)22(28)18-9-10-25(3)20(27)13-18/h4-13H,14H2,1-3H3. The first-order valence-electron chi connectivity index (χ1n) is 9.32. The molecule has 0 aliphatic rings. The zero-order chi connectivity index (χ0) is 20.5. The maximum Gasteiger partial charge on any atom is 0.260 e. The highest BCUT2D eigenvalue weighted by Crippen LogP contribution is 2.33. The van der Waals surface area contributed by atoms with E-state index >= 15 is 0 Å². The number of nitrogens with zero attached hydrogens (tertiary/aromatic N) is 3. The molecular formula is C23H21N3O2S. The minimum Gasteiger partial charge on any atom is -0.319 e. The number of anilines is 1. The largest absolute Gasteiger partial charge is 0.319 e. The number of fused-ring (bicyclic) bond motifs is 1. The Balaban J connectivity index is 1.81. The third kappa shape index (κ3) is 3.84. The molecule has 6 heteroatoms. The number of hydrogen-bond acceptors (Lipinski definition) is 4. The molecule has 2 aromatic carbocycles. The first-order chi connectivity index (χ1) is 13.9. The lowest BCUT2D eigenvalue weighted by molar-refractivity contribution is 0.0985. The number of pyridine rings is 1. The molecule has 0 unspecified atom stereocenters. The second-order valence-electron chi connectivity index (χ2n) is 7.17. The van der Waals surface area contributed by atoms with Crippen molar-refractivity contribution >= 4 is 32.6 Å². The number of rotatable bonds is 4. The van der Waals surface area contributed by atoms with E-state index in [0.29, 0.717) is 17.2 Å². The van der Waals surface area contributed by atoms with Gasteiger partial charge in [0.2, 0.25) is 0 Å². The summed E-state index contributed by atoms with van der Waals surface area (Å²) in [6, 6.07) is 17.0. The summed E-state index contributed by atoms with van der Waals surface area (Å²) in [6.07, 6.45) is 1.61. The summed E-state index contributed by atoms with van der Waals surface area (Å²) in [5, 5.41) is 0.628. The molecule has 0 aliphatic carbocycles. The van der Waals surface area contributed by atoms with E-state index in [-0.39, 0.29) is 11.5 Å². The molecule has 0 bridgehead atoms. The van der Waals surface area contributed by atoms with Crippen LogP contribution in [-0.4, -0.2) is 15.5 Å². The number of carbonyl (C=O) groups excluding carboxylic acids is 1.